The topological polar surface area (TPSA) is 67.2 Å². The molecule has 0 radical (unpaired) electrons. The van der Waals surface area contributed by atoms with E-state index < -0.39 is 0 Å². The molecule has 3 aromatic carbocycles. The standard InChI is InChI=1S/C21H13BrFN3O2S/c22-14-5-1-3-12(9-14)19(27)26-21(29)24-16-7-8-18-17(11-16)25-20(28-18)13-4-2-6-15(23)10-13/h1-11H,(H2,24,26,27,29). The summed E-state index contributed by atoms with van der Waals surface area (Å²) in [6.45, 7) is 0. The highest BCUT2D eigenvalue weighted by Crippen LogP contribution is 2.26. The maximum Gasteiger partial charge on any atom is 0.257 e. The third-order valence-electron chi connectivity index (χ3n) is 4.03. The van der Waals surface area contributed by atoms with E-state index in [9.17, 15) is 9.18 Å². The van der Waals surface area contributed by atoms with Crippen molar-refractivity contribution in [1.29, 1.82) is 0 Å². The number of nitrogens with one attached hydrogen (secondary N) is 2. The van der Waals surface area contributed by atoms with Crippen molar-refractivity contribution in [1.82, 2.24) is 10.3 Å². The Morgan fingerprint density at radius 2 is 1.90 bits per heavy atom. The summed E-state index contributed by atoms with van der Waals surface area (Å²) in [6, 6.07) is 18.2. The summed E-state index contributed by atoms with van der Waals surface area (Å²) in [7, 11) is 0. The lowest BCUT2D eigenvalue weighted by Gasteiger charge is -2.09. The molecule has 0 aliphatic carbocycles. The van der Waals surface area contributed by atoms with Gasteiger partial charge < -0.3 is 9.73 Å². The lowest BCUT2D eigenvalue weighted by molar-refractivity contribution is 0.0977. The molecule has 2 N–H and O–H groups in total. The van der Waals surface area contributed by atoms with Crippen LogP contribution < -0.4 is 10.6 Å². The number of anilines is 1. The van der Waals surface area contributed by atoms with Gasteiger partial charge in [0, 0.05) is 21.3 Å². The van der Waals surface area contributed by atoms with Gasteiger partial charge >= 0.3 is 0 Å². The molecule has 4 aromatic rings. The molecular weight excluding hydrogens is 457 g/mol. The van der Waals surface area contributed by atoms with Crippen LogP contribution in [0.25, 0.3) is 22.6 Å². The zero-order valence-corrected chi connectivity index (χ0v) is 17.2. The number of oxazole rings is 1. The first kappa shape index (κ1) is 19.2. The van der Waals surface area contributed by atoms with Gasteiger partial charge in [0.2, 0.25) is 5.89 Å². The van der Waals surface area contributed by atoms with Crippen LogP contribution in [0.3, 0.4) is 0 Å². The molecule has 0 unspecified atom stereocenters. The number of halogens is 2. The Labute approximate surface area is 179 Å². The van der Waals surface area contributed by atoms with Gasteiger partial charge in [0.05, 0.1) is 0 Å². The van der Waals surface area contributed by atoms with Gasteiger partial charge in [-0.3, -0.25) is 10.1 Å². The number of rotatable bonds is 3. The molecule has 1 aromatic heterocycles. The fourth-order valence-corrected chi connectivity index (χ4v) is 3.33. The number of carbonyl (C=O) groups is 1. The Morgan fingerprint density at radius 1 is 1.07 bits per heavy atom. The van der Waals surface area contributed by atoms with Gasteiger partial charge in [-0.25, -0.2) is 9.37 Å². The molecule has 0 saturated carbocycles. The van der Waals surface area contributed by atoms with Crippen molar-refractivity contribution >= 4 is 56.0 Å². The number of fused-ring (bicyclic) bond motifs is 1. The Balaban J connectivity index is 1.49. The highest BCUT2D eigenvalue weighted by molar-refractivity contribution is 9.10. The number of carbonyl (C=O) groups excluding carboxylic acids is 1. The maximum atomic E-state index is 13.4. The summed E-state index contributed by atoms with van der Waals surface area (Å²) in [5.41, 5.74) is 2.80. The Kier molecular flexibility index (Phi) is 5.37. The minimum Gasteiger partial charge on any atom is -0.436 e. The van der Waals surface area contributed by atoms with E-state index in [1.165, 1.54) is 12.1 Å². The first-order valence-electron chi connectivity index (χ1n) is 8.52. The number of aromatic nitrogens is 1. The number of amides is 1. The van der Waals surface area contributed by atoms with Gasteiger partial charge in [-0.15, -0.1) is 0 Å². The van der Waals surface area contributed by atoms with Crippen LogP contribution in [0.4, 0.5) is 10.1 Å². The van der Waals surface area contributed by atoms with Crippen molar-refractivity contribution in [2.24, 2.45) is 0 Å². The number of benzene rings is 3. The average molecular weight is 470 g/mol. The molecule has 4 rings (SSSR count). The second-order valence-electron chi connectivity index (χ2n) is 6.13. The van der Waals surface area contributed by atoms with E-state index in [0.29, 0.717) is 33.8 Å². The summed E-state index contributed by atoms with van der Waals surface area (Å²) >= 11 is 8.55. The van der Waals surface area contributed by atoms with E-state index in [0.717, 1.165) is 4.47 Å². The summed E-state index contributed by atoms with van der Waals surface area (Å²) in [4.78, 5) is 16.7. The van der Waals surface area contributed by atoms with Crippen LogP contribution >= 0.6 is 28.1 Å². The molecule has 8 heteroatoms. The fourth-order valence-electron chi connectivity index (χ4n) is 2.72. The third-order valence-corrected chi connectivity index (χ3v) is 4.73. The van der Waals surface area contributed by atoms with E-state index >= 15 is 0 Å². The Bertz CT molecular complexity index is 1240. The third kappa shape index (κ3) is 4.49. The summed E-state index contributed by atoms with van der Waals surface area (Å²) in [6.07, 6.45) is 0. The molecule has 5 nitrogen and oxygen atoms in total. The summed E-state index contributed by atoms with van der Waals surface area (Å²) in [5, 5.41) is 5.74. The lowest BCUT2D eigenvalue weighted by Crippen LogP contribution is -2.34. The van der Waals surface area contributed by atoms with Gasteiger partial charge in [0.25, 0.3) is 5.91 Å². The second kappa shape index (κ2) is 8.10. The molecule has 0 atom stereocenters. The van der Waals surface area contributed by atoms with Gasteiger partial charge in [-0.2, -0.15) is 0 Å². The first-order valence-corrected chi connectivity index (χ1v) is 9.72. The van der Waals surface area contributed by atoms with Crippen LogP contribution in [-0.4, -0.2) is 16.0 Å². The van der Waals surface area contributed by atoms with Crippen molar-refractivity contribution in [2.75, 3.05) is 5.32 Å². The molecular formula is C21H13BrFN3O2S. The largest absolute Gasteiger partial charge is 0.436 e. The van der Waals surface area contributed by atoms with Gasteiger partial charge in [0.1, 0.15) is 11.3 Å². The highest BCUT2D eigenvalue weighted by atomic mass is 79.9. The van der Waals surface area contributed by atoms with E-state index in [-0.39, 0.29) is 16.8 Å². The minimum atomic E-state index is -0.362. The van der Waals surface area contributed by atoms with Crippen LogP contribution in [0.2, 0.25) is 0 Å². The van der Waals surface area contributed by atoms with E-state index in [1.807, 2.05) is 6.07 Å². The van der Waals surface area contributed by atoms with E-state index in [4.69, 9.17) is 16.6 Å². The SMILES string of the molecule is O=C(NC(=S)Nc1ccc2oc(-c3cccc(F)c3)nc2c1)c1cccc(Br)c1. The summed E-state index contributed by atoms with van der Waals surface area (Å²) in [5.74, 6) is -0.361. The number of hydrogen-bond donors (Lipinski definition) is 2. The lowest BCUT2D eigenvalue weighted by atomic mass is 10.2. The zero-order valence-electron chi connectivity index (χ0n) is 14.8. The number of hydrogen-bond acceptors (Lipinski definition) is 4. The van der Waals surface area contributed by atoms with Crippen molar-refractivity contribution in [2.45, 2.75) is 0 Å². The monoisotopic (exact) mass is 469 g/mol. The molecule has 0 saturated heterocycles. The molecule has 0 bridgehead atoms. The molecule has 29 heavy (non-hydrogen) atoms. The minimum absolute atomic E-state index is 0.156. The van der Waals surface area contributed by atoms with Crippen LogP contribution in [0.1, 0.15) is 10.4 Å². The van der Waals surface area contributed by atoms with Crippen molar-refractivity contribution in [3.05, 3.63) is 82.6 Å². The molecule has 144 valence electrons. The molecule has 0 fully saturated rings. The number of thiocarbonyl (C=S) groups is 1. The quantitative estimate of drug-likeness (QED) is 0.386. The predicted molar refractivity (Wildman–Crippen MR) is 117 cm³/mol. The maximum absolute atomic E-state index is 13.4. The molecule has 0 spiro atoms. The van der Waals surface area contributed by atoms with Crippen LogP contribution in [-0.2, 0) is 0 Å². The Hall–Kier alpha value is -3.10. The Morgan fingerprint density at radius 3 is 2.69 bits per heavy atom. The van der Waals surface area contributed by atoms with E-state index in [1.54, 1.807) is 48.5 Å². The van der Waals surface area contributed by atoms with Gasteiger partial charge in [-0.05, 0) is 66.8 Å². The molecule has 1 amide bonds. The second-order valence-corrected chi connectivity index (χ2v) is 7.45. The van der Waals surface area contributed by atoms with Crippen molar-refractivity contribution < 1.29 is 13.6 Å². The molecule has 0 aliphatic rings. The summed E-state index contributed by atoms with van der Waals surface area (Å²) < 4.78 is 19.9. The van der Waals surface area contributed by atoms with Gasteiger partial charge in [-0.1, -0.05) is 28.1 Å². The van der Waals surface area contributed by atoms with Gasteiger partial charge in [0.15, 0.2) is 10.7 Å². The normalized spacial score (nSPS) is 10.7. The van der Waals surface area contributed by atoms with Crippen LogP contribution in [0, 0.1) is 5.82 Å². The van der Waals surface area contributed by atoms with Crippen molar-refractivity contribution in [3.63, 3.8) is 0 Å². The zero-order chi connectivity index (χ0) is 20.4. The van der Waals surface area contributed by atoms with E-state index in [2.05, 4.69) is 31.5 Å². The first-order chi connectivity index (χ1) is 14.0. The fraction of sp³-hybridized carbons (Fsp3) is 0. The predicted octanol–water partition coefficient (Wildman–Crippen LogP) is 5.52. The smallest absolute Gasteiger partial charge is 0.257 e. The molecule has 0 aliphatic heterocycles. The van der Waals surface area contributed by atoms with Crippen LogP contribution in [0.5, 0.6) is 0 Å². The van der Waals surface area contributed by atoms with Crippen LogP contribution in [0.15, 0.2) is 75.6 Å². The molecule has 1 heterocycles. The average Bonchev–Trinajstić information content (AvgIpc) is 3.11. The highest BCUT2D eigenvalue weighted by Gasteiger charge is 2.11. The van der Waals surface area contributed by atoms with Crippen molar-refractivity contribution in [3.8, 4) is 11.5 Å². The number of nitrogens with zero attached hydrogens (tertiary/aromatic N) is 1.